The fourth-order valence-corrected chi connectivity index (χ4v) is 3.60. The first-order chi connectivity index (χ1) is 15.9. The normalized spacial score (nSPS) is 12.2. The van der Waals surface area contributed by atoms with Gasteiger partial charge in [-0.3, -0.25) is 4.79 Å². The van der Waals surface area contributed by atoms with Crippen LogP contribution in [0, 0.1) is 0 Å². The number of rotatable bonds is 8. The zero-order chi connectivity index (χ0) is 23.4. The Morgan fingerprint density at radius 1 is 0.970 bits per heavy atom. The van der Waals surface area contributed by atoms with Gasteiger partial charge in [-0.15, -0.1) is 0 Å². The van der Waals surface area contributed by atoms with Crippen LogP contribution in [0.15, 0.2) is 71.1 Å². The van der Waals surface area contributed by atoms with Crippen molar-refractivity contribution < 1.29 is 13.9 Å². The number of carbonyl (C=O) groups excluding carboxylic acids is 1. The number of hydrogen-bond acceptors (Lipinski definition) is 4. The van der Waals surface area contributed by atoms with Gasteiger partial charge in [-0.2, -0.15) is 0 Å². The van der Waals surface area contributed by atoms with Gasteiger partial charge in [0.15, 0.2) is 12.2 Å². The topological polar surface area (TPSA) is 64.4 Å². The quantitative estimate of drug-likeness (QED) is 0.315. The average molecular weight is 443 g/mol. The van der Waals surface area contributed by atoms with Crippen LogP contribution in [0.2, 0.25) is 0 Å². The summed E-state index contributed by atoms with van der Waals surface area (Å²) < 4.78 is 11.5. The Hall–Kier alpha value is -3.60. The lowest BCUT2D eigenvalue weighted by Crippen LogP contribution is -2.20. The molecule has 1 heterocycles. The molecule has 0 fully saturated rings. The maximum Gasteiger partial charge on any atom is 0.262 e. The fraction of sp³-hybridized carbons (Fsp3) is 0.286. The zero-order valence-electron chi connectivity index (χ0n) is 19.6. The molecule has 1 atom stereocenters. The van der Waals surface area contributed by atoms with Crippen molar-refractivity contribution >= 4 is 22.7 Å². The first kappa shape index (κ1) is 22.6. The number of nitrogens with zero attached hydrogens (tertiary/aromatic N) is 1. The number of carbonyl (C=O) groups is 1. The molecule has 0 aliphatic heterocycles. The van der Waals surface area contributed by atoms with Crippen molar-refractivity contribution in [2.75, 3.05) is 11.9 Å². The summed E-state index contributed by atoms with van der Waals surface area (Å²) in [4.78, 5) is 16.9. The van der Waals surface area contributed by atoms with E-state index in [1.54, 1.807) is 0 Å². The molecular formula is C28H30N2O3. The highest BCUT2D eigenvalue weighted by Gasteiger charge is 2.11. The maximum absolute atomic E-state index is 12.3. The van der Waals surface area contributed by atoms with Gasteiger partial charge >= 0.3 is 0 Å². The van der Waals surface area contributed by atoms with Gasteiger partial charge in [0.2, 0.25) is 5.89 Å². The lowest BCUT2D eigenvalue weighted by atomic mass is 9.99. The molecule has 0 aliphatic rings. The van der Waals surface area contributed by atoms with E-state index in [0.29, 0.717) is 29.2 Å². The van der Waals surface area contributed by atoms with Crippen molar-refractivity contribution in [2.24, 2.45) is 0 Å². The molecule has 0 radical (unpaired) electrons. The van der Waals surface area contributed by atoms with Gasteiger partial charge in [0.25, 0.3) is 5.91 Å². The van der Waals surface area contributed by atoms with Crippen LogP contribution in [-0.4, -0.2) is 17.5 Å². The maximum atomic E-state index is 12.3. The molecule has 1 N–H and O–H groups in total. The van der Waals surface area contributed by atoms with Crippen molar-refractivity contribution in [1.82, 2.24) is 4.98 Å². The van der Waals surface area contributed by atoms with E-state index in [2.05, 4.69) is 62.3 Å². The number of oxazole rings is 1. The second kappa shape index (κ2) is 9.90. The molecule has 4 aromatic rings. The van der Waals surface area contributed by atoms with E-state index < -0.39 is 0 Å². The predicted octanol–water partition coefficient (Wildman–Crippen LogP) is 7.15. The number of anilines is 1. The van der Waals surface area contributed by atoms with Crippen LogP contribution in [0.4, 0.5) is 5.69 Å². The first-order valence-corrected chi connectivity index (χ1v) is 11.5. The Balaban J connectivity index is 1.35. The second-order valence-corrected chi connectivity index (χ2v) is 8.69. The van der Waals surface area contributed by atoms with E-state index in [1.165, 1.54) is 11.1 Å². The highest BCUT2D eigenvalue weighted by atomic mass is 16.5. The Morgan fingerprint density at radius 3 is 2.33 bits per heavy atom. The van der Waals surface area contributed by atoms with E-state index in [-0.39, 0.29) is 12.5 Å². The van der Waals surface area contributed by atoms with Gasteiger partial charge in [0.1, 0.15) is 11.3 Å². The molecule has 5 heteroatoms. The number of hydrogen-bond donors (Lipinski definition) is 1. The summed E-state index contributed by atoms with van der Waals surface area (Å²) in [5.41, 5.74) is 5.66. The minimum absolute atomic E-state index is 0.0479. The van der Waals surface area contributed by atoms with Crippen LogP contribution >= 0.6 is 0 Å². The highest BCUT2D eigenvalue weighted by molar-refractivity contribution is 5.92. The second-order valence-electron chi connectivity index (χ2n) is 8.69. The van der Waals surface area contributed by atoms with E-state index >= 15 is 0 Å². The molecule has 0 spiro atoms. The monoisotopic (exact) mass is 442 g/mol. The molecule has 4 rings (SSSR count). The lowest BCUT2D eigenvalue weighted by molar-refractivity contribution is -0.118. The molecule has 0 unspecified atom stereocenters. The summed E-state index contributed by atoms with van der Waals surface area (Å²) in [5.74, 6) is 1.98. The number of nitrogens with one attached hydrogen (secondary N) is 1. The van der Waals surface area contributed by atoms with E-state index in [1.807, 2.05) is 42.5 Å². The molecule has 0 saturated heterocycles. The molecular weight excluding hydrogens is 412 g/mol. The molecule has 5 nitrogen and oxygen atoms in total. The summed E-state index contributed by atoms with van der Waals surface area (Å²) in [6, 6.07) is 21.5. The number of fused-ring (bicyclic) bond motifs is 1. The van der Waals surface area contributed by atoms with Crippen molar-refractivity contribution in [1.29, 1.82) is 0 Å². The minimum atomic E-state index is -0.211. The third kappa shape index (κ3) is 5.43. The van der Waals surface area contributed by atoms with Gasteiger partial charge in [-0.1, -0.05) is 45.9 Å². The Kier molecular flexibility index (Phi) is 6.78. The Labute approximate surface area is 194 Å². The van der Waals surface area contributed by atoms with Crippen molar-refractivity contribution in [2.45, 2.75) is 46.0 Å². The van der Waals surface area contributed by atoms with Crippen LogP contribution < -0.4 is 10.1 Å². The van der Waals surface area contributed by atoms with E-state index in [4.69, 9.17) is 9.15 Å². The minimum Gasteiger partial charge on any atom is -0.484 e. The summed E-state index contributed by atoms with van der Waals surface area (Å²) in [5, 5.41) is 2.86. The largest absolute Gasteiger partial charge is 0.484 e. The Bertz CT molecular complexity index is 1220. The van der Waals surface area contributed by atoms with Crippen LogP contribution in [0.25, 0.3) is 22.6 Å². The summed E-state index contributed by atoms with van der Waals surface area (Å²) in [6.45, 7) is 8.63. The lowest BCUT2D eigenvalue weighted by Gasteiger charge is -2.11. The van der Waals surface area contributed by atoms with E-state index in [0.717, 1.165) is 23.1 Å². The highest BCUT2D eigenvalue weighted by Crippen LogP contribution is 2.28. The van der Waals surface area contributed by atoms with Gasteiger partial charge in [0, 0.05) is 11.3 Å². The molecule has 0 aliphatic carbocycles. The molecule has 1 aromatic heterocycles. The fourth-order valence-electron chi connectivity index (χ4n) is 3.60. The van der Waals surface area contributed by atoms with Crippen LogP contribution in [0.1, 0.15) is 57.1 Å². The third-order valence-corrected chi connectivity index (χ3v) is 5.93. The molecule has 170 valence electrons. The summed E-state index contributed by atoms with van der Waals surface area (Å²) >= 11 is 0. The molecule has 3 aromatic carbocycles. The smallest absolute Gasteiger partial charge is 0.262 e. The number of ether oxygens (including phenoxy) is 1. The Morgan fingerprint density at radius 2 is 1.67 bits per heavy atom. The predicted molar refractivity (Wildman–Crippen MR) is 133 cm³/mol. The van der Waals surface area contributed by atoms with Crippen molar-refractivity contribution in [3.8, 4) is 17.2 Å². The van der Waals surface area contributed by atoms with Crippen molar-refractivity contribution in [3.63, 3.8) is 0 Å². The van der Waals surface area contributed by atoms with Gasteiger partial charge in [-0.05, 0) is 77.9 Å². The standard InChI is InChI=1S/C28H30N2O3/c1-5-19(4)20-8-13-24(14-9-20)32-17-27(31)29-23-11-6-21(7-12-23)28-30-25-16-22(18(2)3)10-15-26(25)33-28/h6-16,18-19H,5,17H2,1-4H3,(H,29,31)/t19-/m1/s1. The molecule has 33 heavy (non-hydrogen) atoms. The molecule has 1 amide bonds. The molecule has 0 bridgehead atoms. The summed E-state index contributed by atoms with van der Waals surface area (Å²) in [6.07, 6.45) is 1.09. The number of aromatic nitrogens is 1. The number of benzene rings is 3. The van der Waals surface area contributed by atoms with Crippen LogP contribution in [0.3, 0.4) is 0 Å². The van der Waals surface area contributed by atoms with Crippen LogP contribution in [0.5, 0.6) is 5.75 Å². The first-order valence-electron chi connectivity index (χ1n) is 11.5. The van der Waals surface area contributed by atoms with Gasteiger partial charge in [0.05, 0.1) is 0 Å². The zero-order valence-corrected chi connectivity index (χ0v) is 19.6. The molecule has 0 saturated carbocycles. The number of amides is 1. The summed E-state index contributed by atoms with van der Waals surface area (Å²) in [7, 11) is 0. The SMILES string of the molecule is CC[C@@H](C)c1ccc(OCC(=O)Nc2ccc(-c3nc4cc(C(C)C)ccc4o3)cc2)cc1. The third-order valence-electron chi connectivity index (χ3n) is 5.93. The van der Waals surface area contributed by atoms with Gasteiger partial charge < -0.3 is 14.5 Å². The van der Waals surface area contributed by atoms with Crippen LogP contribution in [-0.2, 0) is 4.79 Å². The van der Waals surface area contributed by atoms with Gasteiger partial charge in [-0.25, -0.2) is 4.98 Å². The average Bonchev–Trinajstić information content (AvgIpc) is 3.26. The van der Waals surface area contributed by atoms with E-state index in [9.17, 15) is 4.79 Å². The van der Waals surface area contributed by atoms with Crippen molar-refractivity contribution in [3.05, 3.63) is 77.9 Å².